The SMILES string of the molecule is CC(C)c1cc(C2CCCN2C(=O)c2cc(-c3ccccc3Cl)on2)no1. The Balaban J connectivity index is 1.58. The lowest BCUT2D eigenvalue weighted by atomic mass is 10.1. The summed E-state index contributed by atoms with van der Waals surface area (Å²) in [6.07, 6.45) is 1.76. The smallest absolute Gasteiger partial charge is 0.276 e. The lowest BCUT2D eigenvalue weighted by molar-refractivity contribution is 0.0720. The molecule has 0 aliphatic carbocycles. The summed E-state index contributed by atoms with van der Waals surface area (Å²) in [5.41, 5.74) is 1.77. The molecule has 140 valence electrons. The maximum absolute atomic E-state index is 13.0. The molecule has 2 aromatic heterocycles. The van der Waals surface area contributed by atoms with Gasteiger partial charge in [-0.15, -0.1) is 0 Å². The van der Waals surface area contributed by atoms with Crippen LogP contribution in [0.1, 0.15) is 60.6 Å². The summed E-state index contributed by atoms with van der Waals surface area (Å²) in [5, 5.41) is 8.70. The first-order chi connectivity index (χ1) is 13.0. The molecule has 0 radical (unpaired) electrons. The second kappa shape index (κ2) is 7.19. The molecular weight excluding hydrogens is 366 g/mol. The van der Waals surface area contributed by atoms with E-state index in [0.29, 0.717) is 22.9 Å². The summed E-state index contributed by atoms with van der Waals surface area (Å²) >= 11 is 6.20. The summed E-state index contributed by atoms with van der Waals surface area (Å²) in [6.45, 7) is 4.75. The number of halogens is 1. The zero-order valence-electron chi connectivity index (χ0n) is 15.2. The summed E-state index contributed by atoms with van der Waals surface area (Å²) in [5.74, 6) is 1.38. The number of benzene rings is 1. The van der Waals surface area contributed by atoms with Gasteiger partial charge in [0.05, 0.1) is 11.1 Å². The van der Waals surface area contributed by atoms with E-state index in [-0.39, 0.29) is 23.6 Å². The highest BCUT2D eigenvalue weighted by Crippen LogP contribution is 2.34. The normalized spacial score (nSPS) is 17.0. The number of carbonyl (C=O) groups excluding carboxylic acids is 1. The summed E-state index contributed by atoms with van der Waals surface area (Å²) in [7, 11) is 0. The van der Waals surface area contributed by atoms with Gasteiger partial charge in [0.15, 0.2) is 11.5 Å². The topological polar surface area (TPSA) is 72.4 Å². The van der Waals surface area contributed by atoms with Gasteiger partial charge in [0.1, 0.15) is 11.5 Å². The van der Waals surface area contributed by atoms with Gasteiger partial charge >= 0.3 is 0 Å². The average molecular weight is 386 g/mol. The van der Waals surface area contributed by atoms with Crippen molar-refractivity contribution >= 4 is 17.5 Å². The van der Waals surface area contributed by atoms with Crippen LogP contribution in [0.4, 0.5) is 0 Å². The molecule has 1 amide bonds. The number of likely N-dealkylation sites (tertiary alicyclic amines) is 1. The van der Waals surface area contributed by atoms with Crippen LogP contribution in [0.25, 0.3) is 11.3 Å². The number of amides is 1. The predicted octanol–water partition coefficient (Wildman–Crippen LogP) is 5.08. The third-order valence-corrected chi connectivity index (χ3v) is 5.17. The Morgan fingerprint density at radius 3 is 2.78 bits per heavy atom. The molecule has 0 saturated carbocycles. The molecule has 1 unspecified atom stereocenters. The molecule has 7 heteroatoms. The number of aromatic nitrogens is 2. The van der Waals surface area contributed by atoms with Crippen molar-refractivity contribution in [2.45, 2.75) is 38.6 Å². The zero-order valence-corrected chi connectivity index (χ0v) is 15.9. The van der Waals surface area contributed by atoms with Crippen LogP contribution >= 0.6 is 11.6 Å². The zero-order chi connectivity index (χ0) is 19.0. The molecule has 1 saturated heterocycles. The molecule has 1 fully saturated rings. The van der Waals surface area contributed by atoms with E-state index >= 15 is 0 Å². The fourth-order valence-electron chi connectivity index (χ4n) is 3.36. The van der Waals surface area contributed by atoms with Crippen LogP contribution in [0.15, 0.2) is 45.4 Å². The van der Waals surface area contributed by atoms with Crippen molar-refractivity contribution in [1.29, 1.82) is 0 Å². The number of nitrogens with zero attached hydrogens (tertiary/aromatic N) is 3. The van der Waals surface area contributed by atoms with Crippen LogP contribution in [0, 0.1) is 0 Å². The molecule has 1 aliphatic rings. The van der Waals surface area contributed by atoms with Crippen LogP contribution in [0.2, 0.25) is 5.02 Å². The maximum atomic E-state index is 13.0. The van der Waals surface area contributed by atoms with Gasteiger partial charge in [-0.1, -0.05) is 47.9 Å². The van der Waals surface area contributed by atoms with Crippen LogP contribution in [-0.2, 0) is 0 Å². The fraction of sp³-hybridized carbons (Fsp3) is 0.350. The first-order valence-electron chi connectivity index (χ1n) is 9.03. The fourth-order valence-corrected chi connectivity index (χ4v) is 3.59. The molecule has 0 N–H and O–H groups in total. The van der Waals surface area contributed by atoms with Crippen molar-refractivity contribution in [2.75, 3.05) is 6.54 Å². The molecule has 0 spiro atoms. The quantitative estimate of drug-likeness (QED) is 0.625. The van der Waals surface area contributed by atoms with E-state index in [9.17, 15) is 4.79 Å². The Hall–Kier alpha value is -2.60. The molecule has 4 rings (SSSR count). The van der Waals surface area contributed by atoms with Crippen LogP contribution in [-0.4, -0.2) is 27.7 Å². The Bertz CT molecular complexity index is 963. The van der Waals surface area contributed by atoms with Crippen molar-refractivity contribution in [3.8, 4) is 11.3 Å². The first-order valence-corrected chi connectivity index (χ1v) is 9.41. The summed E-state index contributed by atoms with van der Waals surface area (Å²) < 4.78 is 10.8. The largest absolute Gasteiger partial charge is 0.361 e. The van der Waals surface area contributed by atoms with Crippen molar-refractivity contribution in [2.24, 2.45) is 0 Å². The lowest BCUT2D eigenvalue weighted by Gasteiger charge is -2.21. The molecule has 0 bridgehead atoms. The van der Waals surface area contributed by atoms with Crippen molar-refractivity contribution in [3.05, 3.63) is 58.6 Å². The second-order valence-corrected chi connectivity index (χ2v) is 7.43. The van der Waals surface area contributed by atoms with E-state index < -0.39 is 0 Å². The van der Waals surface area contributed by atoms with Crippen molar-refractivity contribution in [1.82, 2.24) is 15.2 Å². The van der Waals surface area contributed by atoms with Crippen molar-refractivity contribution in [3.63, 3.8) is 0 Å². The number of hydrogen-bond donors (Lipinski definition) is 0. The van der Waals surface area contributed by atoms with E-state index in [1.807, 2.05) is 38.1 Å². The van der Waals surface area contributed by atoms with E-state index in [2.05, 4.69) is 10.3 Å². The summed E-state index contributed by atoms with van der Waals surface area (Å²) in [4.78, 5) is 14.8. The van der Waals surface area contributed by atoms with Gasteiger partial charge in [-0.3, -0.25) is 4.79 Å². The third-order valence-electron chi connectivity index (χ3n) is 4.84. The second-order valence-electron chi connectivity index (χ2n) is 7.02. The molecule has 27 heavy (non-hydrogen) atoms. The molecule has 3 aromatic rings. The minimum absolute atomic E-state index is 0.103. The van der Waals surface area contributed by atoms with E-state index in [4.69, 9.17) is 20.6 Å². The number of rotatable bonds is 4. The Morgan fingerprint density at radius 1 is 1.22 bits per heavy atom. The number of carbonyl (C=O) groups is 1. The highest BCUT2D eigenvalue weighted by Gasteiger charge is 2.34. The lowest BCUT2D eigenvalue weighted by Crippen LogP contribution is -2.30. The van der Waals surface area contributed by atoms with Gasteiger partial charge in [0, 0.05) is 30.2 Å². The van der Waals surface area contributed by atoms with Gasteiger partial charge in [-0.05, 0) is 25.0 Å². The molecule has 6 nitrogen and oxygen atoms in total. The molecule has 1 atom stereocenters. The van der Waals surface area contributed by atoms with Gasteiger partial charge in [0.25, 0.3) is 5.91 Å². The first kappa shape index (κ1) is 17.8. The third kappa shape index (κ3) is 3.37. The highest BCUT2D eigenvalue weighted by atomic mass is 35.5. The van der Waals surface area contributed by atoms with E-state index in [1.165, 1.54) is 0 Å². The Labute approximate surface area is 162 Å². The minimum Gasteiger partial charge on any atom is -0.361 e. The van der Waals surface area contributed by atoms with Gasteiger partial charge in [0.2, 0.25) is 0 Å². The van der Waals surface area contributed by atoms with Crippen molar-refractivity contribution < 1.29 is 13.8 Å². The Kier molecular flexibility index (Phi) is 4.74. The minimum atomic E-state index is -0.173. The average Bonchev–Trinajstić information content (AvgIpc) is 3.40. The highest BCUT2D eigenvalue weighted by molar-refractivity contribution is 6.33. The van der Waals surface area contributed by atoms with Crippen LogP contribution < -0.4 is 0 Å². The molecule has 3 heterocycles. The van der Waals surface area contributed by atoms with Gasteiger partial charge in [-0.25, -0.2) is 0 Å². The summed E-state index contributed by atoms with van der Waals surface area (Å²) in [6, 6.07) is 10.8. The van der Waals surface area contributed by atoms with E-state index in [0.717, 1.165) is 24.3 Å². The Morgan fingerprint density at radius 2 is 2.04 bits per heavy atom. The molecular formula is C20H20ClN3O3. The standard InChI is InChI=1S/C20H20ClN3O3/c1-12(2)18-10-15(22-26-18)17-8-5-9-24(17)20(25)16-11-19(27-23-16)13-6-3-4-7-14(13)21/h3-4,6-7,10-12,17H,5,8-9H2,1-2H3. The molecule has 1 aromatic carbocycles. The van der Waals surface area contributed by atoms with Gasteiger partial charge < -0.3 is 13.9 Å². The predicted molar refractivity (Wildman–Crippen MR) is 101 cm³/mol. The van der Waals surface area contributed by atoms with Crippen LogP contribution in [0.3, 0.4) is 0 Å². The monoisotopic (exact) mass is 385 g/mol. The van der Waals surface area contributed by atoms with E-state index in [1.54, 1.807) is 17.0 Å². The van der Waals surface area contributed by atoms with Gasteiger partial charge in [-0.2, -0.15) is 0 Å². The number of hydrogen-bond acceptors (Lipinski definition) is 5. The maximum Gasteiger partial charge on any atom is 0.276 e. The van der Waals surface area contributed by atoms with Crippen LogP contribution in [0.5, 0.6) is 0 Å². The molecule has 1 aliphatic heterocycles.